The maximum absolute atomic E-state index is 6.23. The van der Waals surface area contributed by atoms with Gasteiger partial charge in [-0.3, -0.25) is 0 Å². The van der Waals surface area contributed by atoms with Crippen molar-refractivity contribution in [3.05, 3.63) is 107 Å². The van der Waals surface area contributed by atoms with E-state index in [0.717, 1.165) is 22.1 Å². The summed E-state index contributed by atoms with van der Waals surface area (Å²) in [6.45, 7) is 0. The second-order valence-electron chi connectivity index (χ2n) is 7.85. The van der Waals surface area contributed by atoms with Gasteiger partial charge in [0.2, 0.25) is 0 Å². The number of allylic oxidation sites excluding steroid dienone is 4. The molecule has 1 heterocycles. The van der Waals surface area contributed by atoms with Crippen LogP contribution in [0.5, 0.6) is 0 Å². The second-order valence-corrected chi connectivity index (χ2v) is 8.77. The van der Waals surface area contributed by atoms with Crippen LogP contribution in [0.4, 0.5) is 0 Å². The topological polar surface area (TPSA) is 13.1 Å². The molecular formula is C28H19BrO. The van der Waals surface area contributed by atoms with Crippen molar-refractivity contribution in [2.45, 2.75) is 12.3 Å². The normalized spacial score (nSPS) is 16.4. The van der Waals surface area contributed by atoms with Crippen LogP contribution in [0.2, 0.25) is 0 Å². The molecule has 0 spiro atoms. The smallest absolute Gasteiger partial charge is 0.136 e. The zero-order chi connectivity index (χ0) is 20.1. The summed E-state index contributed by atoms with van der Waals surface area (Å²) in [5, 5.41) is 4.89. The van der Waals surface area contributed by atoms with Gasteiger partial charge >= 0.3 is 0 Å². The van der Waals surface area contributed by atoms with Gasteiger partial charge in [-0.15, -0.1) is 0 Å². The molecule has 30 heavy (non-hydrogen) atoms. The summed E-state index contributed by atoms with van der Waals surface area (Å²) in [6, 6.07) is 28.1. The van der Waals surface area contributed by atoms with Crippen LogP contribution in [0.3, 0.4) is 0 Å². The van der Waals surface area contributed by atoms with Gasteiger partial charge in [-0.05, 0) is 52.1 Å². The van der Waals surface area contributed by atoms with Crippen LogP contribution in [-0.2, 0) is 0 Å². The van der Waals surface area contributed by atoms with Gasteiger partial charge < -0.3 is 4.42 Å². The molecule has 1 aromatic heterocycles. The molecule has 1 aliphatic rings. The van der Waals surface area contributed by atoms with E-state index in [-0.39, 0.29) is 0 Å². The fourth-order valence-electron chi connectivity index (χ4n) is 4.60. The second kappa shape index (κ2) is 7.00. The Balaban J connectivity index is 1.68. The maximum Gasteiger partial charge on any atom is 0.136 e. The number of rotatable bonds is 2. The molecule has 0 fully saturated rings. The van der Waals surface area contributed by atoms with E-state index in [1.807, 2.05) is 12.1 Å². The summed E-state index contributed by atoms with van der Waals surface area (Å²) in [7, 11) is 0. The van der Waals surface area contributed by atoms with Crippen LogP contribution in [-0.4, -0.2) is 0 Å². The van der Waals surface area contributed by atoms with E-state index in [1.165, 1.54) is 38.2 Å². The predicted molar refractivity (Wildman–Crippen MR) is 130 cm³/mol. The van der Waals surface area contributed by atoms with Crippen molar-refractivity contribution in [2.75, 3.05) is 0 Å². The van der Waals surface area contributed by atoms with Crippen molar-refractivity contribution >= 4 is 48.6 Å². The van der Waals surface area contributed by atoms with Gasteiger partial charge in [0.15, 0.2) is 0 Å². The minimum absolute atomic E-state index is 0.362. The highest BCUT2D eigenvalue weighted by molar-refractivity contribution is 9.11. The SMILES string of the molecule is BrC1=CCC(c2ccc(-c3ccccc3)c3cc4c(cc23)oc2ccccc24)C=C1. The van der Waals surface area contributed by atoms with E-state index in [9.17, 15) is 0 Å². The Morgan fingerprint density at radius 3 is 2.40 bits per heavy atom. The summed E-state index contributed by atoms with van der Waals surface area (Å²) in [4.78, 5) is 0. The molecule has 0 saturated heterocycles. The van der Waals surface area contributed by atoms with Gasteiger partial charge in [-0.1, -0.05) is 94.8 Å². The molecule has 0 aliphatic heterocycles. The van der Waals surface area contributed by atoms with Gasteiger partial charge in [-0.2, -0.15) is 0 Å². The molecule has 1 aliphatic carbocycles. The third-order valence-electron chi connectivity index (χ3n) is 6.09. The average Bonchev–Trinajstić information content (AvgIpc) is 3.16. The number of halogens is 1. The van der Waals surface area contributed by atoms with E-state index in [1.54, 1.807) is 0 Å². The van der Waals surface area contributed by atoms with Crippen molar-refractivity contribution in [3.63, 3.8) is 0 Å². The van der Waals surface area contributed by atoms with Crippen LogP contribution < -0.4 is 0 Å². The standard InChI is InChI=1S/C28H19BrO/c29-20-12-10-19(11-13-20)22-15-14-21(18-6-2-1-3-7-18)24-16-26-23-8-4-5-9-27(23)30-28(26)17-25(22)24/h1-10,12-17,19H,11H2. The van der Waals surface area contributed by atoms with Crippen molar-refractivity contribution in [2.24, 2.45) is 0 Å². The van der Waals surface area contributed by atoms with Crippen LogP contribution >= 0.6 is 15.9 Å². The molecule has 144 valence electrons. The van der Waals surface area contributed by atoms with Crippen LogP contribution in [0.25, 0.3) is 43.8 Å². The summed E-state index contributed by atoms with van der Waals surface area (Å²) < 4.78 is 7.38. The number of para-hydroxylation sites is 1. The molecule has 0 saturated carbocycles. The molecule has 0 amide bonds. The zero-order valence-corrected chi connectivity index (χ0v) is 17.9. The summed E-state index contributed by atoms with van der Waals surface area (Å²) in [5.74, 6) is 0.362. The molecular weight excluding hydrogens is 432 g/mol. The lowest BCUT2D eigenvalue weighted by molar-refractivity contribution is 0.669. The molecule has 1 nitrogen and oxygen atoms in total. The Morgan fingerprint density at radius 1 is 0.733 bits per heavy atom. The molecule has 5 aromatic rings. The summed E-state index contributed by atoms with van der Waals surface area (Å²) >= 11 is 3.59. The number of benzene rings is 4. The van der Waals surface area contributed by atoms with Crippen molar-refractivity contribution in [3.8, 4) is 11.1 Å². The number of hydrogen-bond donors (Lipinski definition) is 0. The van der Waals surface area contributed by atoms with Crippen molar-refractivity contribution in [1.29, 1.82) is 0 Å². The van der Waals surface area contributed by atoms with Crippen molar-refractivity contribution < 1.29 is 4.42 Å². The van der Waals surface area contributed by atoms with Gasteiger partial charge in [0.05, 0.1) is 0 Å². The lowest BCUT2D eigenvalue weighted by Gasteiger charge is -2.19. The lowest BCUT2D eigenvalue weighted by atomic mass is 9.86. The number of furan rings is 1. The molecule has 1 atom stereocenters. The molecule has 1 unspecified atom stereocenters. The molecule has 2 heteroatoms. The Labute approximate surface area is 183 Å². The summed E-state index contributed by atoms with van der Waals surface area (Å²) in [5.41, 5.74) is 5.74. The Kier molecular flexibility index (Phi) is 4.14. The highest BCUT2D eigenvalue weighted by Crippen LogP contribution is 2.41. The highest BCUT2D eigenvalue weighted by atomic mass is 79.9. The van der Waals surface area contributed by atoms with Gasteiger partial charge in [-0.25, -0.2) is 0 Å². The predicted octanol–water partition coefficient (Wildman–Crippen LogP) is 8.73. The largest absolute Gasteiger partial charge is 0.456 e. The van der Waals surface area contributed by atoms with Gasteiger partial charge in [0.1, 0.15) is 11.2 Å². The third-order valence-corrected chi connectivity index (χ3v) is 6.67. The quantitative estimate of drug-likeness (QED) is 0.262. The number of fused-ring (bicyclic) bond motifs is 4. The van der Waals surface area contributed by atoms with Crippen LogP contribution in [0.15, 0.2) is 106 Å². The van der Waals surface area contributed by atoms with Gasteiger partial charge in [0.25, 0.3) is 0 Å². The highest BCUT2D eigenvalue weighted by Gasteiger charge is 2.18. The first-order valence-electron chi connectivity index (χ1n) is 10.2. The zero-order valence-electron chi connectivity index (χ0n) is 16.3. The molecule has 6 rings (SSSR count). The first-order valence-corrected chi connectivity index (χ1v) is 11.0. The minimum atomic E-state index is 0.362. The fourth-order valence-corrected chi connectivity index (χ4v) is 4.94. The first kappa shape index (κ1) is 17.7. The number of hydrogen-bond acceptors (Lipinski definition) is 1. The van der Waals surface area contributed by atoms with E-state index < -0.39 is 0 Å². The van der Waals surface area contributed by atoms with E-state index in [0.29, 0.717) is 5.92 Å². The maximum atomic E-state index is 6.23. The monoisotopic (exact) mass is 450 g/mol. The van der Waals surface area contributed by atoms with Crippen LogP contribution in [0.1, 0.15) is 17.9 Å². The third kappa shape index (κ3) is 2.83. The molecule has 0 radical (unpaired) electrons. The van der Waals surface area contributed by atoms with E-state index in [4.69, 9.17) is 4.42 Å². The Morgan fingerprint density at radius 2 is 1.57 bits per heavy atom. The summed E-state index contributed by atoms with van der Waals surface area (Å²) in [6.07, 6.45) is 7.70. The molecule has 0 N–H and O–H groups in total. The fraction of sp³-hybridized carbons (Fsp3) is 0.0714. The van der Waals surface area contributed by atoms with Crippen molar-refractivity contribution in [1.82, 2.24) is 0 Å². The molecule has 0 bridgehead atoms. The van der Waals surface area contributed by atoms with Gasteiger partial charge in [0, 0.05) is 21.2 Å². The molecule has 4 aromatic carbocycles. The average molecular weight is 451 g/mol. The lowest BCUT2D eigenvalue weighted by Crippen LogP contribution is -1.99. The Hall–Kier alpha value is -3.10. The minimum Gasteiger partial charge on any atom is -0.456 e. The van der Waals surface area contributed by atoms with E-state index in [2.05, 4.69) is 101 Å². The first-order chi connectivity index (χ1) is 14.8. The van der Waals surface area contributed by atoms with Crippen LogP contribution in [0, 0.1) is 0 Å². The Bertz CT molecular complexity index is 1470. The van der Waals surface area contributed by atoms with E-state index >= 15 is 0 Å².